The van der Waals surface area contributed by atoms with Crippen LogP contribution in [-0.4, -0.2) is 34.5 Å². The Bertz CT molecular complexity index is 983. The van der Waals surface area contributed by atoms with Crippen LogP contribution in [0.5, 0.6) is 11.5 Å². The number of carbonyl (C=O) groups is 4. The summed E-state index contributed by atoms with van der Waals surface area (Å²) in [6.45, 7) is 2.28. The highest BCUT2D eigenvalue weighted by atomic mass is 32.1. The summed E-state index contributed by atoms with van der Waals surface area (Å²) >= 11 is 1.01. The maximum Gasteiger partial charge on any atom is 0.365 e. The fraction of sp³-hybridized carbons (Fsp3) is 0.125. The molecule has 11 nitrogen and oxygen atoms in total. The SMILES string of the molecule is CC(=O)Oc1ccc(C(=O)ON=C(C([NH])=O)c2csc(N)n2)cc1OC(C)=O. The van der Waals surface area contributed by atoms with Crippen molar-refractivity contribution in [2.45, 2.75) is 13.8 Å². The van der Waals surface area contributed by atoms with Gasteiger partial charge in [0, 0.05) is 19.2 Å². The molecule has 1 heterocycles. The Morgan fingerprint density at radius 3 is 2.29 bits per heavy atom. The predicted octanol–water partition coefficient (Wildman–Crippen LogP) is 0.947. The van der Waals surface area contributed by atoms with E-state index in [-0.39, 0.29) is 27.9 Å². The Morgan fingerprint density at radius 2 is 1.75 bits per heavy atom. The van der Waals surface area contributed by atoms with Gasteiger partial charge in [0.25, 0.3) is 5.91 Å². The van der Waals surface area contributed by atoms with Gasteiger partial charge in [-0.1, -0.05) is 5.16 Å². The zero-order valence-corrected chi connectivity index (χ0v) is 15.4. The molecular formula is C16H13N4O7S. The molecule has 0 bridgehead atoms. The highest BCUT2D eigenvalue weighted by Gasteiger charge is 2.19. The first-order valence-corrected chi connectivity index (χ1v) is 8.33. The fourth-order valence-electron chi connectivity index (χ4n) is 1.85. The van der Waals surface area contributed by atoms with Gasteiger partial charge in [0.2, 0.25) is 0 Å². The molecule has 0 unspecified atom stereocenters. The van der Waals surface area contributed by atoms with Crippen molar-refractivity contribution in [3.05, 3.63) is 34.8 Å². The Labute approximate surface area is 161 Å². The van der Waals surface area contributed by atoms with Gasteiger partial charge in [0.1, 0.15) is 5.69 Å². The molecule has 1 radical (unpaired) electrons. The molecule has 0 fully saturated rings. The largest absolute Gasteiger partial charge is 0.423 e. The number of amides is 1. The summed E-state index contributed by atoms with van der Waals surface area (Å²) in [7, 11) is 0. The molecule has 0 aliphatic heterocycles. The number of benzene rings is 1. The van der Waals surface area contributed by atoms with Gasteiger partial charge >= 0.3 is 17.9 Å². The number of oxime groups is 1. The molecule has 2 aromatic rings. The maximum atomic E-state index is 12.2. The number of hydrogen-bond donors (Lipinski definition) is 1. The van der Waals surface area contributed by atoms with Gasteiger partial charge < -0.3 is 20.0 Å². The number of rotatable bonds is 6. The zero-order chi connectivity index (χ0) is 20.8. The molecule has 3 N–H and O–H groups in total. The van der Waals surface area contributed by atoms with Crippen LogP contribution in [-0.2, 0) is 19.2 Å². The van der Waals surface area contributed by atoms with E-state index >= 15 is 0 Å². The van der Waals surface area contributed by atoms with E-state index in [1.807, 2.05) is 0 Å². The first-order chi connectivity index (χ1) is 13.2. The van der Waals surface area contributed by atoms with Gasteiger partial charge in [-0.3, -0.25) is 20.1 Å². The molecule has 1 aromatic heterocycles. The number of carbonyl (C=O) groups excluding carboxylic acids is 4. The first-order valence-electron chi connectivity index (χ1n) is 7.45. The van der Waals surface area contributed by atoms with E-state index in [2.05, 4.69) is 15.0 Å². The monoisotopic (exact) mass is 405 g/mol. The Kier molecular flexibility index (Phi) is 6.39. The molecule has 0 atom stereocenters. The minimum atomic E-state index is -1.23. The van der Waals surface area contributed by atoms with E-state index in [0.717, 1.165) is 31.3 Å². The third kappa shape index (κ3) is 5.35. The quantitative estimate of drug-likeness (QED) is 0.241. The summed E-state index contributed by atoms with van der Waals surface area (Å²) in [6, 6.07) is 3.55. The normalized spacial score (nSPS) is 10.9. The molecule has 12 heteroatoms. The Morgan fingerprint density at radius 1 is 1.11 bits per heavy atom. The van der Waals surface area contributed by atoms with Crippen molar-refractivity contribution in [2.75, 3.05) is 5.73 Å². The van der Waals surface area contributed by atoms with Crippen LogP contribution >= 0.6 is 11.3 Å². The van der Waals surface area contributed by atoms with Crippen molar-refractivity contribution in [1.82, 2.24) is 10.7 Å². The molecule has 0 aliphatic carbocycles. The highest BCUT2D eigenvalue weighted by molar-refractivity contribution is 7.13. The number of aromatic nitrogens is 1. The number of anilines is 1. The molecule has 0 spiro atoms. The van der Waals surface area contributed by atoms with Crippen LogP contribution in [0.15, 0.2) is 28.7 Å². The number of nitrogens with two attached hydrogens (primary N) is 1. The van der Waals surface area contributed by atoms with Crippen molar-refractivity contribution >= 4 is 46.0 Å². The van der Waals surface area contributed by atoms with Gasteiger partial charge in [0.05, 0.1) is 5.56 Å². The molecule has 145 valence electrons. The van der Waals surface area contributed by atoms with Gasteiger partial charge in [-0.2, -0.15) is 0 Å². The second-order valence-electron chi connectivity index (χ2n) is 5.07. The molecule has 28 heavy (non-hydrogen) atoms. The average molecular weight is 405 g/mol. The second-order valence-corrected chi connectivity index (χ2v) is 5.96. The lowest BCUT2D eigenvalue weighted by atomic mass is 10.2. The van der Waals surface area contributed by atoms with Crippen molar-refractivity contribution < 1.29 is 33.5 Å². The standard InChI is InChI=1S/C16H13N4O7S/c1-7(21)25-11-4-3-9(5-12(11)26-8(2)22)15(24)27-20-13(14(17)23)10-6-28-16(18)19-10/h3-6,17H,1-2H3,(H2,18,19). The van der Waals surface area contributed by atoms with Crippen LogP contribution in [0, 0.1) is 0 Å². The van der Waals surface area contributed by atoms with Gasteiger partial charge in [-0.15, -0.1) is 11.3 Å². The number of nitrogens with zero attached hydrogens (tertiary/aromatic N) is 2. The van der Waals surface area contributed by atoms with E-state index in [1.54, 1.807) is 0 Å². The number of thiazole rings is 1. The third-order valence-corrected chi connectivity index (χ3v) is 3.56. The number of ether oxygens (including phenoxy) is 2. The molecule has 0 aliphatic rings. The highest BCUT2D eigenvalue weighted by Crippen LogP contribution is 2.29. The van der Waals surface area contributed by atoms with Crippen molar-refractivity contribution in [3.63, 3.8) is 0 Å². The van der Waals surface area contributed by atoms with Crippen LogP contribution in [0.2, 0.25) is 0 Å². The number of esters is 2. The zero-order valence-electron chi connectivity index (χ0n) is 14.5. The van der Waals surface area contributed by atoms with Crippen molar-refractivity contribution in [3.8, 4) is 11.5 Å². The van der Waals surface area contributed by atoms with Gasteiger partial charge in [-0.05, 0) is 18.2 Å². The lowest BCUT2D eigenvalue weighted by Gasteiger charge is -2.09. The fourth-order valence-corrected chi connectivity index (χ4v) is 2.40. The Hall–Kier alpha value is -3.80. The van der Waals surface area contributed by atoms with Crippen LogP contribution < -0.4 is 20.9 Å². The molecule has 1 amide bonds. The number of nitrogens with one attached hydrogen (secondary N) is 1. The minimum Gasteiger partial charge on any atom is -0.423 e. The average Bonchev–Trinajstić information content (AvgIpc) is 3.01. The van der Waals surface area contributed by atoms with Crippen molar-refractivity contribution in [1.29, 1.82) is 0 Å². The summed E-state index contributed by atoms with van der Waals surface area (Å²) in [5.41, 5.74) is 12.0. The summed E-state index contributed by atoms with van der Waals surface area (Å²) in [6.07, 6.45) is 0. The van der Waals surface area contributed by atoms with Gasteiger partial charge in [-0.25, -0.2) is 9.78 Å². The Balaban J connectivity index is 2.28. The molecule has 2 rings (SSSR count). The lowest BCUT2D eigenvalue weighted by Crippen LogP contribution is -2.18. The van der Waals surface area contributed by atoms with Crippen molar-refractivity contribution in [2.24, 2.45) is 5.16 Å². The van der Waals surface area contributed by atoms with Crippen LogP contribution in [0.25, 0.3) is 0 Å². The topological polar surface area (TPSA) is 171 Å². The first kappa shape index (κ1) is 20.5. The summed E-state index contributed by atoms with van der Waals surface area (Å²) in [4.78, 5) is 54.4. The smallest absolute Gasteiger partial charge is 0.365 e. The molecule has 0 saturated carbocycles. The lowest BCUT2D eigenvalue weighted by molar-refractivity contribution is -0.134. The van der Waals surface area contributed by atoms with Crippen LogP contribution in [0.1, 0.15) is 29.9 Å². The van der Waals surface area contributed by atoms with E-state index < -0.39 is 29.5 Å². The van der Waals surface area contributed by atoms with Crippen LogP contribution in [0.3, 0.4) is 0 Å². The summed E-state index contributed by atoms with van der Waals surface area (Å²) in [5, 5.41) is 4.89. The third-order valence-electron chi connectivity index (χ3n) is 2.89. The predicted molar refractivity (Wildman–Crippen MR) is 95.6 cm³/mol. The van der Waals surface area contributed by atoms with Gasteiger partial charge in [0.15, 0.2) is 22.3 Å². The molecule has 0 saturated heterocycles. The second kappa shape index (κ2) is 8.73. The van der Waals surface area contributed by atoms with E-state index in [0.29, 0.717) is 0 Å². The minimum absolute atomic E-state index is 0.0129. The summed E-state index contributed by atoms with van der Waals surface area (Å²) < 4.78 is 9.79. The van der Waals surface area contributed by atoms with E-state index in [4.69, 9.17) is 20.9 Å². The van der Waals surface area contributed by atoms with E-state index in [1.165, 1.54) is 17.5 Å². The molecule has 1 aromatic carbocycles. The van der Waals surface area contributed by atoms with Crippen LogP contribution in [0.4, 0.5) is 5.13 Å². The summed E-state index contributed by atoms with van der Waals surface area (Å²) in [5.74, 6) is -3.89. The molecular weight excluding hydrogens is 392 g/mol. The maximum absolute atomic E-state index is 12.2. The number of nitrogen functional groups attached to an aromatic ring is 1. The number of hydrogen-bond acceptors (Lipinski definition) is 11. The van der Waals surface area contributed by atoms with E-state index in [9.17, 15) is 19.2 Å².